The summed E-state index contributed by atoms with van der Waals surface area (Å²) in [4.78, 5) is 12.3. The van der Waals surface area contributed by atoms with Gasteiger partial charge in [-0.15, -0.1) is 6.58 Å². The van der Waals surface area contributed by atoms with Gasteiger partial charge in [0.1, 0.15) is 0 Å². The third kappa shape index (κ3) is 4.56. The highest BCUT2D eigenvalue weighted by Crippen LogP contribution is 2.19. The summed E-state index contributed by atoms with van der Waals surface area (Å²) in [5.41, 5.74) is 0.829. The summed E-state index contributed by atoms with van der Waals surface area (Å²) in [5.74, 6) is 0.378. The fraction of sp³-hybridized carbons (Fsp3) is 0.438. The molecule has 0 bridgehead atoms. The van der Waals surface area contributed by atoms with Crippen molar-refractivity contribution in [3.63, 3.8) is 0 Å². The molecule has 0 radical (unpaired) electrons. The maximum absolute atomic E-state index is 12.3. The molecule has 0 aliphatic heterocycles. The van der Waals surface area contributed by atoms with Gasteiger partial charge < -0.3 is 0 Å². The van der Waals surface area contributed by atoms with Crippen LogP contribution in [0.2, 0.25) is 0 Å². The molecule has 17 heavy (non-hydrogen) atoms. The molecule has 1 unspecified atom stereocenters. The molecule has 1 atom stereocenters. The Morgan fingerprint density at radius 1 is 1.29 bits per heavy atom. The van der Waals surface area contributed by atoms with Gasteiger partial charge in [0.25, 0.3) is 0 Å². The number of benzene rings is 1. The summed E-state index contributed by atoms with van der Waals surface area (Å²) in [7, 11) is 0. The molecule has 0 spiro atoms. The lowest BCUT2D eigenvalue weighted by atomic mass is 9.90. The Labute approximate surface area is 105 Å². The van der Waals surface area contributed by atoms with Gasteiger partial charge in [-0.3, -0.25) is 4.79 Å². The minimum Gasteiger partial charge on any atom is -0.294 e. The van der Waals surface area contributed by atoms with Crippen molar-refractivity contribution in [2.75, 3.05) is 0 Å². The first-order chi connectivity index (χ1) is 8.29. The van der Waals surface area contributed by atoms with Gasteiger partial charge in [0, 0.05) is 11.5 Å². The van der Waals surface area contributed by atoms with Gasteiger partial charge in [-0.1, -0.05) is 62.6 Å². The summed E-state index contributed by atoms with van der Waals surface area (Å²) in [6.45, 7) is 5.93. The molecule has 1 nitrogen and oxygen atoms in total. The molecule has 0 aliphatic carbocycles. The molecule has 0 heterocycles. The molecule has 0 fully saturated rings. The van der Waals surface area contributed by atoms with Crippen LogP contribution in [0.1, 0.15) is 49.4 Å². The van der Waals surface area contributed by atoms with Crippen LogP contribution in [0.4, 0.5) is 0 Å². The second-order valence-electron chi connectivity index (χ2n) is 4.45. The number of carbonyl (C=O) groups is 1. The number of unbranched alkanes of at least 4 members (excludes halogenated alkanes) is 2. The average Bonchev–Trinajstić information content (AvgIpc) is 2.38. The van der Waals surface area contributed by atoms with Crippen molar-refractivity contribution < 1.29 is 4.79 Å². The normalized spacial score (nSPS) is 12.1. The topological polar surface area (TPSA) is 17.1 Å². The number of allylic oxidation sites excluding steroid dienone is 1. The first-order valence-corrected chi connectivity index (χ1v) is 6.49. The van der Waals surface area contributed by atoms with Gasteiger partial charge in [0.15, 0.2) is 5.78 Å². The van der Waals surface area contributed by atoms with Gasteiger partial charge in [0.2, 0.25) is 0 Å². The molecule has 1 aromatic rings. The first kappa shape index (κ1) is 13.7. The van der Waals surface area contributed by atoms with E-state index in [9.17, 15) is 4.79 Å². The third-order valence-corrected chi connectivity index (χ3v) is 3.04. The highest BCUT2D eigenvalue weighted by atomic mass is 16.1. The molecule has 0 saturated carbocycles. The van der Waals surface area contributed by atoms with Gasteiger partial charge in [-0.25, -0.2) is 0 Å². The fourth-order valence-corrected chi connectivity index (χ4v) is 2.04. The van der Waals surface area contributed by atoms with E-state index in [1.165, 1.54) is 12.8 Å². The summed E-state index contributed by atoms with van der Waals surface area (Å²) in [6, 6.07) is 9.58. The van der Waals surface area contributed by atoms with Crippen molar-refractivity contribution in [1.82, 2.24) is 0 Å². The molecular weight excluding hydrogens is 208 g/mol. The smallest absolute Gasteiger partial charge is 0.166 e. The van der Waals surface area contributed by atoms with Gasteiger partial charge >= 0.3 is 0 Å². The molecule has 92 valence electrons. The first-order valence-electron chi connectivity index (χ1n) is 6.49. The van der Waals surface area contributed by atoms with E-state index in [1.807, 2.05) is 36.4 Å². The van der Waals surface area contributed by atoms with Crippen molar-refractivity contribution in [2.45, 2.75) is 39.0 Å². The van der Waals surface area contributed by atoms with Crippen molar-refractivity contribution >= 4 is 5.78 Å². The zero-order chi connectivity index (χ0) is 12.5. The molecule has 1 rings (SSSR count). The molecule has 1 heteroatoms. The molecule has 0 amide bonds. The van der Waals surface area contributed by atoms with Crippen LogP contribution in [0.5, 0.6) is 0 Å². The van der Waals surface area contributed by atoms with Crippen LogP contribution in [0.3, 0.4) is 0 Å². The van der Waals surface area contributed by atoms with Crippen molar-refractivity contribution in [2.24, 2.45) is 5.92 Å². The highest BCUT2D eigenvalue weighted by molar-refractivity contribution is 5.97. The zero-order valence-electron chi connectivity index (χ0n) is 10.7. The highest BCUT2D eigenvalue weighted by Gasteiger charge is 2.17. The van der Waals surface area contributed by atoms with Crippen LogP contribution < -0.4 is 0 Å². The Balaban J connectivity index is 2.63. The zero-order valence-corrected chi connectivity index (χ0v) is 10.7. The van der Waals surface area contributed by atoms with E-state index < -0.39 is 0 Å². The standard InChI is InChI=1S/C16H22O/c1-3-5-7-11-14(10-4-2)16(17)15-12-8-6-9-13-15/h4,6,8-9,12-14H,2-3,5,7,10-11H2,1H3. The lowest BCUT2D eigenvalue weighted by Crippen LogP contribution is -2.14. The summed E-state index contributed by atoms with van der Waals surface area (Å²) in [5, 5.41) is 0. The summed E-state index contributed by atoms with van der Waals surface area (Å²) >= 11 is 0. The third-order valence-electron chi connectivity index (χ3n) is 3.04. The fourth-order valence-electron chi connectivity index (χ4n) is 2.04. The quantitative estimate of drug-likeness (QED) is 0.361. The van der Waals surface area contributed by atoms with E-state index in [2.05, 4.69) is 13.5 Å². The second-order valence-corrected chi connectivity index (χ2v) is 4.45. The van der Waals surface area contributed by atoms with E-state index in [0.717, 1.165) is 24.8 Å². The van der Waals surface area contributed by atoms with Crippen LogP contribution >= 0.6 is 0 Å². The SMILES string of the molecule is C=CCC(CCCCC)C(=O)c1ccccc1. The van der Waals surface area contributed by atoms with E-state index in [4.69, 9.17) is 0 Å². The number of carbonyl (C=O) groups excluding carboxylic acids is 1. The van der Waals surface area contributed by atoms with Crippen molar-refractivity contribution in [1.29, 1.82) is 0 Å². The summed E-state index contributed by atoms with van der Waals surface area (Å²) < 4.78 is 0. The van der Waals surface area contributed by atoms with Gasteiger partial charge in [-0.05, 0) is 12.8 Å². The lowest BCUT2D eigenvalue weighted by molar-refractivity contribution is 0.0912. The lowest BCUT2D eigenvalue weighted by Gasteiger charge is -2.13. The minimum absolute atomic E-state index is 0.112. The van der Waals surface area contributed by atoms with Gasteiger partial charge in [-0.2, -0.15) is 0 Å². The Morgan fingerprint density at radius 3 is 2.59 bits per heavy atom. The maximum atomic E-state index is 12.3. The molecule has 0 saturated heterocycles. The molecule has 0 aliphatic rings. The van der Waals surface area contributed by atoms with E-state index in [0.29, 0.717) is 0 Å². The Kier molecular flexibility index (Phi) is 6.31. The summed E-state index contributed by atoms with van der Waals surface area (Å²) in [6.07, 6.45) is 7.16. The van der Waals surface area contributed by atoms with Crippen molar-refractivity contribution in [3.05, 3.63) is 48.6 Å². The predicted molar refractivity (Wildman–Crippen MR) is 73.2 cm³/mol. The van der Waals surface area contributed by atoms with Gasteiger partial charge in [0.05, 0.1) is 0 Å². The molecule has 0 aromatic heterocycles. The Morgan fingerprint density at radius 2 is 2.00 bits per heavy atom. The van der Waals surface area contributed by atoms with E-state index >= 15 is 0 Å². The minimum atomic E-state index is 0.112. The van der Waals surface area contributed by atoms with Crippen LogP contribution in [0, 0.1) is 5.92 Å². The molecular formula is C16H22O. The Hall–Kier alpha value is -1.37. The van der Waals surface area contributed by atoms with E-state index in [1.54, 1.807) is 0 Å². The number of hydrogen-bond acceptors (Lipinski definition) is 1. The monoisotopic (exact) mass is 230 g/mol. The number of rotatable bonds is 8. The largest absolute Gasteiger partial charge is 0.294 e. The predicted octanol–water partition coefficient (Wildman–Crippen LogP) is 4.64. The Bertz CT molecular complexity index is 340. The molecule has 0 N–H and O–H groups in total. The van der Waals surface area contributed by atoms with Crippen molar-refractivity contribution in [3.8, 4) is 0 Å². The number of Topliss-reactive ketones (excluding diaryl/α,β-unsaturated/α-hetero) is 1. The van der Waals surface area contributed by atoms with Crippen LogP contribution in [0.25, 0.3) is 0 Å². The molecule has 1 aromatic carbocycles. The number of ketones is 1. The van der Waals surface area contributed by atoms with Crippen LogP contribution in [-0.2, 0) is 0 Å². The van der Waals surface area contributed by atoms with E-state index in [-0.39, 0.29) is 11.7 Å². The number of hydrogen-bond donors (Lipinski definition) is 0. The van der Waals surface area contributed by atoms with Crippen LogP contribution in [-0.4, -0.2) is 5.78 Å². The maximum Gasteiger partial charge on any atom is 0.166 e. The second kappa shape index (κ2) is 7.83. The van der Waals surface area contributed by atoms with Crippen LogP contribution in [0.15, 0.2) is 43.0 Å². The average molecular weight is 230 g/mol.